The number of nitrogens with one attached hydrogen (secondary N) is 1. The van der Waals surface area contributed by atoms with Crippen molar-refractivity contribution in [3.8, 4) is 11.5 Å². The molecular weight excluding hydrogens is 444 g/mol. The third kappa shape index (κ3) is 4.20. The topological polar surface area (TPSA) is 88.3 Å². The molecule has 0 fully saturated rings. The molecule has 0 saturated heterocycles. The van der Waals surface area contributed by atoms with Crippen LogP contribution in [0.25, 0.3) is 11.5 Å². The Bertz CT molecular complexity index is 1110. The first-order valence-electron chi connectivity index (χ1n) is 8.82. The molecule has 0 amide bonds. The number of anilines is 2. The van der Waals surface area contributed by atoms with Crippen molar-refractivity contribution in [2.45, 2.75) is 19.4 Å². The second-order valence-electron chi connectivity index (χ2n) is 6.71. The maximum atomic E-state index is 11.7. The Morgan fingerprint density at radius 1 is 1.21 bits per heavy atom. The second-order valence-corrected chi connectivity index (χ2v) is 9.38. The van der Waals surface area contributed by atoms with Crippen molar-refractivity contribution in [3.63, 3.8) is 0 Å². The Morgan fingerprint density at radius 2 is 2.04 bits per heavy atom. The van der Waals surface area contributed by atoms with Crippen molar-refractivity contribution in [1.29, 1.82) is 0 Å². The molecule has 1 aliphatic rings. The molecule has 1 aromatic heterocycles. The predicted octanol–water partition coefficient (Wildman–Crippen LogP) is 3.82. The molecule has 0 radical (unpaired) electrons. The van der Waals surface area contributed by atoms with E-state index < -0.39 is 10.0 Å². The van der Waals surface area contributed by atoms with E-state index in [4.69, 9.17) is 4.42 Å². The Balaban J connectivity index is 1.59. The monoisotopic (exact) mass is 462 g/mol. The third-order valence-corrected chi connectivity index (χ3v) is 5.59. The van der Waals surface area contributed by atoms with Gasteiger partial charge in [0.05, 0.1) is 18.5 Å². The van der Waals surface area contributed by atoms with Crippen molar-refractivity contribution < 1.29 is 12.8 Å². The molecule has 1 aliphatic heterocycles. The number of halogens is 1. The number of sulfonamides is 1. The summed E-state index contributed by atoms with van der Waals surface area (Å²) in [6.07, 6.45) is 2.90. The van der Waals surface area contributed by atoms with Crippen molar-refractivity contribution in [3.05, 3.63) is 58.4 Å². The highest BCUT2D eigenvalue weighted by molar-refractivity contribution is 9.10. The van der Waals surface area contributed by atoms with E-state index in [1.807, 2.05) is 36.4 Å². The van der Waals surface area contributed by atoms with Gasteiger partial charge < -0.3 is 9.32 Å². The summed E-state index contributed by atoms with van der Waals surface area (Å²) >= 11 is 3.44. The number of aromatic nitrogens is 2. The number of hydrogen-bond donors (Lipinski definition) is 1. The highest BCUT2D eigenvalue weighted by atomic mass is 79.9. The molecule has 0 saturated carbocycles. The summed E-state index contributed by atoms with van der Waals surface area (Å²) < 4.78 is 32.7. The van der Waals surface area contributed by atoms with Crippen LogP contribution in [0.1, 0.15) is 17.9 Å². The number of rotatable bonds is 5. The SMILES string of the molecule is CS(=O)(=O)Nc1cccc2c1CCCN2Cc1nnc(-c2cccc(Br)c2)o1. The van der Waals surface area contributed by atoms with Crippen LogP contribution in [0.15, 0.2) is 51.4 Å². The van der Waals surface area contributed by atoms with E-state index in [1.165, 1.54) is 0 Å². The number of benzene rings is 2. The van der Waals surface area contributed by atoms with Gasteiger partial charge in [0.2, 0.25) is 21.8 Å². The summed E-state index contributed by atoms with van der Waals surface area (Å²) in [5.41, 5.74) is 3.46. The summed E-state index contributed by atoms with van der Waals surface area (Å²) in [6.45, 7) is 1.31. The number of fused-ring (bicyclic) bond motifs is 1. The quantitative estimate of drug-likeness (QED) is 0.619. The largest absolute Gasteiger partial charge is 0.419 e. The van der Waals surface area contributed by atoms with Crippen molar-refractivity contribution in [2.24, 2.45) is 0 Å². The molecule has 0 bridgehead atoms. The lowest BCUT2D eigenvalue weighted by molar-refractivity contribution is 0.493. The highest BCUT2D eigenvalue weighted by Gasteiger charge is 2.22. The lowest BCUT2D eigenvalue weighted by Gasteiger charge is -2.31. The molecule has 0 aliphatic carbocycles. The highest BCUT2D eigenvalue weighted by Crippen LogP contribution is 2.34. The average Bonchev–Trinajstić information content (AvgIpc) is 3.10. The second kappa shape index (κ2) is 7.56. The molecule has 7 nitrogen and oxygen atoms in total. The third-order valence-electron chi connectivity index (χ3n) is 4.51. The van der Waals surface area contributed by atoms with E-state index in [2.05, 4.69) is 35.7 Å². The van der Waals surface area contributed by atoms with Gasteiger partial charge in [-0.15, -0.1) is 10.2 Å². The van der Waals surface area contributed by atoms with E-state index in [9.17, 15) is 8.42 Å². The fourth-order valence-corrected chi connectivity index (χ4v) is 4.37. The Kier molecular flexibility index (Phi) is 5.11. The molecule has 1 N–H and O–H groups in total. The molecule has 0 unspecified atom stereocenters. The van der Waals surface area contributed by atoms with Gasteiger partial charge in [-0.05, 0) is 48.7 Å². The summed E-state index contributed by atoms with van der Waals surface area (Å²) in [6, 6.07) is 13.3. The van der Waals surface area contributed by atoms with Gasteiger partial charge in [-0.2, -0.15) is 0 Å². The lowest BCUT2D eigenvalue weighted by Crippen LogP contribution is -2.29. The van der Waals surface area contributed by atoms with Gasteiger partial charge in [0.25, 0.3) is 0 Å². The minimum atomic E-state index is -3.33. The zero-order chi connectivity index (χ0) is 19.7. The standard InChI is InChI=1S/C19H19BrN4O3S/c1-28(25,26)23-16-8-3-9-17-15(16)7-4-10-24(17)12-18-21-22-19(27-18)13-5-2-6-14(20)11-13/h2-3,5-6,8-9,11,23H,4,7,10,12H2,1H3. The van der Waals surface area contributed by atoms with E-state index >= 15 is 0 Å². The zero-order valence-corrected chi connectivity index (χ0v) is 17.6. The maximum absolute atomic E-state index is 11.7. The van der Waals surface area contributed by atoms with Gasteiger partial charge >= 0.3 is 0 Å². The van der Waals surface area contributed by atoms with Gasteiger partial charge in [-0.1, -0.05) is 28.1 Å². The van der Waals surface area contributed by atoms with Crippen LogP contribution in [0.4, 0.5) is 11.4 Å². The Morgan fingerprint density at radius 3 is 2.82 bits per heavy atom. The molecule has 0 atom stereocenters. The zero-order valence-electron chi connectivity index (χ0n) is 15.2. The minimum Gasteiger partial charge on any atom is -0.419 e. The molecule has 28 heavy (non-hydrogen) atoms. The van der Waals surface area contributed by atoms with Crippen LogP contribution < -0.4 is 9.62 Å². The summed E-state index contributed by atoms with van der Waals surface area (Å²) in [5, 5.41) is 8.35. The molecule has 2 aromatic carbocycles. The average molecular weight is 463 g/mol. The van der Waals surface area contributed by atoms with Crippen LogP contribution in [0.3, 0.4) is 0 Å². The summed E-state index contributed by atoms with van der Waals surface area (Å²) in [7, 11) is -3.33. The summed E-state index contributed by atoms with van der Waals surface area (Å²) in [4.78, 5) is 2.14. The van der Waals surface area contributed by atoms with Gasteiger partial charge in [-0.25, -0.2) is 8.42 Å². The van der Waals surface area contributed by atoms with Crippen LogP contribution in [-0.2, 0) is 23.0 Å². The molecule has 9 heteroatoms. The fraction of sp³-hybridized carbons (Fsp3) is 0.263. The van der Waals surface area contributed by atoms with E-state index in [0.717, 1.165) is 46.9 Å². The van der Waals surface area contributed by atoms with Crippen molar-refractivity contribution in [1.82, 2.24) is 10.2 Å². The van der Waals surface area contributed by atoms with Gasteiger partial charge in [0.15, 0.2) is 0 Å². The maximum Gasteiger partial charge on any atom is 0.247 e. The van der Waals surface area contributed by atoms with Crippen LogP contribution in [0, 0.1) is 0 Å². The van der Waals surface area contributed by atoms with Crippen LogP contribution in [0.2, 0.25) is 0 Å². The van der Waals surface area contributed by atoms with Crippen LogP contribution in [0.5, 0.6) is 0 Å². The molecule has 0 spiro atoms. The number of hydrogen-bond acceptors (Lipinski definition) is 6. The van der Waals surface area contributed by atoms with Crippen molar-refractivity contribution >= 4 is 37.3 Å². The molecule has 2 heterocycles. The lowest BCUT2D eigenvalue weighted by atomic mass is 10.00. The van der Waals surface area contributed by atoms with E-state index in [1.54, 1.807) is 6.07 Å². The van der Waals surface area contributed by atoms with Gasteiger partial charge in [0, 0.05) is 22.3 Å². The first-order valence-corrected chi connectivity index (χ1v) is 11.5. The first-order chi connectivity index (χ1) is 13.4. The Hall–Kier alpha value is -2.39. The van der Waals surface area contributed by atoms with Crippen molar-refractivity contribution in [2.75, 3.05) is 22.4 Å². The minimum absolute atomic E-state index is 0.469. The van der Waals surface area contributed by atoms with Gasteiger partial charge in [0.1, 0.15) is 0 Å². The molecular formula is C19H19BrN4O3S. The molecule has 146 valence electrons. The van der Waals surface area contributed by atoms with Gasteiger partial charge in [-0.3, -0.25) is 4.72 Å². The smallest absolute Gasteiger partial charge is 0.247 e. The number of nitrogens with zero attached hydrogens (tertiary/aromatic N) is 3. The van der Waals surface area contributed by atoms with Crippen LogP contribution >= 0.6 is 15.9 Å². The van der Waals surface area contributed by atoms with E-state index in [0.29, 0.717) is 24.0 Å². The molecule has 4 rings (SSSR count). The van der Waals surface area contributed by atoms with Crippen LogP contribution in [-0.4, -0.2) is 31.4 Å². The normalized spacial score (nSPS) is 14.0. The fourth-order valence-electron chi connectivity index (χ4n) is 3.38. The summed E-state index contributed by atoms with van der Waals surface area (Å²) in [5.74, 6) is 0.991. The van der Waals surface area contributed by atoms with E-state index in [-0.39, 0.29) is 0 Å². The first kappa shape index (κ1) is 18.9. The molecule has 3 aromatic rings. The Labute approximate surface area is 172 Å². The predicted molar refractivity (Wildman–Crippen MR) is 112 cm³/mol.